The fourth-order valence-electron chi connectivity index (χ4n) is 1.58. The second-order valence-corrected chi connectivity index (χ2v) is 3.66. The molecule has 3 heteroatoms. The monoisotopic (exact) mass is 217 g/mol. The molecule has 1 aromatic heterocycles. The largest absolute Gasteiger partial charge is 0.468 e. The third kappa shape index (κ3) is 2.95. The first-order chi connectivity index (χ1) is 7.88. The van der Waals surface area contributed by atoms with Gasteiger partial charge in [0, 0.05) is 6.54 Å². The Morgan fingerprint density at radius 1 is 1.06 bits per heavy atom. The van der Waals surface area contributed by atoms with Crippen LogP contribution in [0.1, 0.15) is 16.9 Å². The van der Waals surface area contributed by atoms with Gasteiger partial charge in [-0.2, -0.15) is 0 Å². The van der Waals surface area contributed by atoms with E-state index in [1.807, 2.05) is 36.4 Å². The Bertz CT molecular complexity index is 423. The molecule has 0 aliphatic carbocycles. The second kappa shape index (κ2) is 5.49. The number of rotatable bonds is 5. The van der Waals surface area contributed by atoms with Gasteiger partial charge in [-0.3, -0.25) is 0 Å². The van der Waals surface area contributed by atoms with Crippen molar-refractivity contribution in [2.24, 2.45) is 0 Å². The van der Waals surface area contributed by atoms with Crippen LogP contribution in [-0.4, -0.2) is 5.11 Å². The van der Waals surface area contributed by atoms with E-state index in [1.54, 1.807) is 6.26 Å². The van der Waals surface area contributed by atoms with Crippen molar-refractivity contribution in [3.8, 4) is 0 Å². The maximum atomic E-state index is 9.00. The van der Waals surface area contributed by atoms with E-state index in [1.165, 1.54) is 0 Å². The van der Waals surface area contributed by atoms with Crippen LogP contribution in [0.4, 0.5) is 0 Å². The zero-order valence-corrected chi connectivity index (χ0v) is 9.02. The SMILES string of the molecule is OCc1cccc(CNCc2ccco2)c1. The molecule has 84 valence electrons. The maximum Gasteiger partial charge on any atom is 0.117 e. The van der Waals surface area contributed by atoms with Gasteiger partial charge in [0.1, 0.15) is 5.76 Å². The Morgan fingerprint density at radius 2 is 1.94 bits per heavy atom. The quantitative estimate of drug-likeness (QED) is 0.805. The van der Waals surface area contributed by atoms with Crippen molar-refractivity contribution in [3.05, 3.63) is 59.5 Å². The molecule has 1 aromatic carbocycles. The Labute approximate surface area is 94.7 Å². The van der Waals surface area contributed by atoms with Crippen molar-refractivity contribution in [1.82, 2.24) is 5.32 Å². The second-order valence-electron chi connectivity index (χ2n) is 3.66. The Balaban J connectivity index is 1.85. The van der Waals surface area contributed by atoms with E-state index in [-0.39, 0.29) is 6.61 Å². The van der Waals surface area contributed by atoms with Crippen LogP contribution in [0, 0.1) is 0 Å². The predicted octanol–water partition coefficient (Wildman–Crippen LogP) is 2.06. The molecule has 0 radical (unpaired) electrons. The summed E-state index contributed by atoms with van der Waals surface area (Å²) < 4.78 is 5.21. The third-order valence-electron chi connectivity index (χ3n) is 2.38. The Morgan fingerprint density at radius 3 is 2.69 bits per heavy atom. The van der Waals surface area contributed by atoms with Crippen LogP contribution >= 0.6 is 0 Å². The molecule has 2 aromatic rings. The minimum atomic E-state index is 0.0893. The van der Waals surface area contributed by atoms with Gasteiger partial charge in [0.05, 0.1) is 19.4 Å². The molecule has 0 atom stereocenters. The highest BCUT2D eigenvalue weighted by atomic mass is 16.3. The molecule has 2 rings (SSSR count). The Kier molecular flexibility index (Phi) is 3.75. The van der Waals surface area contributed by atoms with E-state index in [2.05, 4.69) is 5.32 Å². The lowest BCUT2D eigenvalue weighted by molar-refractivity contribution is 0.281. The molecule has 0 aliphatic rings. The van der Waals surface area contributed by atoms with Gasteiger partial charge in [-0.05, 0) is 23.3 Å². The number of benzene rings is 1. The van der Waals surface area contributed by atoms with E-state index in [0.717, 1.165) is 30.0 Å². The van der Waals surface area contributed by atoms with Crippen LogP contribution in [0.5, 0.6) is 0 Å². The summed E-state index contributed by atoms with van der Waals surface area (Å²) >= 11 is 0. The number of hydrogen-bond donors (Lipinski definition) is 2. The van der Waals surface area contributed by atoms with Crippen LogP contribution in [-0.2, 0) is 19.7 Å². The summed E-state index contributed by atoms with van der Waals surface area (Å²) in [6, 6.07) is 11.7. The molecule has 0 bridgehead atoms. The molecular weight excluding hydrogens is 202 g/mol. The number of aliphatic hydroxyl groups excluding tert-OH is 1. The van der Waals surface area contributed by atoms with Crippen molar-refractivity contribution in [3.63, 3.8) is 0 Å². The van der Waals surface area contributed by atoms with Gasteiger partial charge in [-0.15, -0.1) is 0 Å². The molecule has 0 spiro atoms. The number of aliphatic hydroxyl groups is 1. The lowest BCUT2D eigenvalue weighted by Gasteiger charge is -2.04. The molecule has 2 N–H and O–H groups in total. The summed E-state index contributed by atoms with van der Waals surface area (Å²) in [6.45, 7) is 1.58. The molecule has 0 saturated heterocycles. The van der Waals surface area contributed by atoms with Crippen molar-refractivity contribution in [2.75, 3.05) is 0 Å². The third-order valence-corrected chi connectivity index (χ3v) is 2.38. The molecule has 1 heterocycles. The summed E-state index contributed by atoms with van der Waals surface area (Å²) in [7, 11) is 0. The van der Waals surface area contributed by atoms with Gasteiger partial charge < -0.3 is 14.8 Å². The smallest absolute Gasteiger partial charge is 0.117 e. The van der Waals surface area contributed by atoms with E-state index in [0.29, 0.717) is 0 Å². The van der Waals surface area contributed by atoms with Gasteiger partial charge in [-0.1, -0.05) is 24.3 Å². The van der Waals surface area contributed by atoms with Crippen molar-refractivity contribution < 1.29 is 9.52 Å². The average molecular weight is 217 g/mol. The summed E-state index contributed by atoms with van der Waals surface area (Å²) in [6.07, 6.45) is 1.67. The maximum absolute atomic E-state index is 9.00. The highest BCUT2D eigenvalue weighted by molar-refractivity contribution is 5.22. The van der Waals surface area contributed by atoms with Gasteiger partial charge in [0.25, 0.3) is 0 Å². The summed E-state index contributed by atoms with van der Waals surface area (Å²) in [5.74, 6) is 0.929. The van der Waals surface area contributed by atoms with Crippen LogP contribution in [0.3, 0.4) is 0 Å². The molecule has 0 aliphatic heterocycles. The number of nitrogens with one attached hydrogen (secondary N) is 1. The van der Waals surface area contributed by atoms with Crippen molar-refractivity contribution in [2.45, 2.75) is 19.7 Å². The molecule has 0 amide bonds. The first kappa shape index (κ1) is 10.9. The van der Waals surface area contributed by atoms with Crippen LogP contribution in [0.25, 0.3) is 0 Å². The predicted molar refractivity (Wildman–Crippen MR) is 61.6 cm³/mol. The van der Waals surface area contributed by atoms with E-state index in [9.17, 15) is 0 Å². The van der Waals surface area contributed by atoms with Crippen molar-refractivity contribution >= 4 is 0 Å². The zero-order chi connectivity index (χ0) is 11.2. The molecule has 3 nitrogen and oxygen atoms in total. The molecule has 0 unspecified atom stereocenters. The fraction of sp³-hybridized carbons (Fsp3) is 0.231. The van der Waals surface area contributed by atoms with E-state index < -0.39 is 0 Å². The standard InChI is InChI=1S/C13H15NO2/c15-10-12-4-1-3-11(7-12)8-14-9-13-5-2-6-16-13/h1-7,14-15H,8-10H2. The number of furan rings is 1. The van der Waals surface area contributed by atoms with Gasteiger partial charge in [-0.25, -0.2) is 0 Å². The Hall–Kier alpha value is -1.58. The first-order valence-corrected chi connectivity index (χ1v) is 5.30. The molecular formula is C13H15NO2. The topological polar surface area (TPSA) is 45.4 Å². The number of hydrogen-bond acceptors (Lipinski definition) is 3. The molecule has 0 fully saturated rings. The summed E-state index contributed by atoms with van der Waals surface area (Å²) in [4.78, 5) is 0. The molecule has 0 saturated carbocycles. The van der Waals surface area contributed by atoms with Gasteiger partial charge in [0.15, 0.2) is 0 Å². The lowest BCUT2D eigenvalue weighted by atomic mass is 10.1. The minimum absolute atomic E-state index is 0.0893. The minimum Gasteiger partial charge on any atom is -0.468 e. The average Bonchev–Trinajstić information content (AvgIpc) is 2.82. The van der Waals surface area contributed by atoms with Crippen LogP contribution in [0.2, 0.25) is 0 Å². The van der Waals surface area contributed by atoms with Gasteiger partial charge in [0.2, 0.25) is 0 Å². The van der Waals surface area contributed by atoms with Crippen LogP contribution < -0.4 is 5.32 Å². The van der Waals surface area contributed by atoms with E-state index in [4.69, 9.17) is 9.52 Å². The first-order valence-electron chi connectivity index (χ1n) is 5.30. The summed E-state index contributed by atoms with van der Waals surface area (Å²) in [5, 5.41) is 12.3. The lowest BCUT2D eigenvalue weighted by Crippen LogP contribution is -2.12. The highest BCUT2D eigenvalue weighted by Crippen LogP contribution is 2.05. The van der Waals surface area contributed by atoms with Gasteiger partial charge >= 0.3 is 0 Å². The summed E-state index contributed by atoms with van der Waals surface area (Å²) in [5.41, 5.74) is 2.11. The fourth-order valence-corrected chi connectivity index (χ4v) is 1.58. The molecule has 16 heavy (non-hydrogen) atoms. The highest BCUT2D eigenvalue weighted by Gasteiger charge is 1.97. The zero-order valence-electron chi connectivity index (χ0n) is 9.02. The van der Waals surface area contributed by atoms with Crippen molar-refractivity contribution in [1.29, 1.82) is 0 Å². The van der Waals surface area contributed by atoms with E-state index >= 15 is 0 Å². The normalized spacial score (nSPS) is 10.6. The van der Waals surface area contributed by atoms with Crippen LogP contribution in [0.15, 0.2) is 47.1 Å².